The van der Waals surface area contributed by atoms with E-state index in [0.29, 0.717) is 30.2 Å². The Morgan fingerprint density at radius 1 is 1.24 bits per heavy atom. The molecule has 0 radical (unpaired) electrons. The van der Waals surface area contributed by atoms with Crippen LogP contribution in [-0.4, -0.2) is 31.1 Å². The van der Waals surface area contributed by atoms with Crippen LogP contribution >= 0.6 is 15.9 Å². The molecule has 0 saturated heterocycles. The molecule has 2 aromatic carbocycles. The molecule has 4 nitrogen and oxygen atoms in total. The average Bonchev–Trinajstić information content (AvgIpc) is 2.65. The van der Waals surface area contributed by atoms with Gasteiger partial charge in [0.15, 0.2) is 11.5 Å². The van der Waals surface area contributed by atoms with E-state index in [1.54, 1.807) is 13.2 Å². The van der Waals surface area contributed by atoms with Gasteiger partial charge in [-0.25, -0.2) is 0 Å². The van der Waals surface area contributed by atoms with Gasteiger partial charge in [0.25, 0.3) is 5.91 Å². The summed E-state index contributed by atoms with van der Waals surface area (Å²) in [7, 11) is 1.59. The minimum absolute atomic E-state index is 0.00976. The minimum Gasteiger partial charge on any atom is -0.493 e. The Bertz CT molecular complexity index is 776. The predicted octanol–water partition coefficient (Wildman–Crippen LogP) is 4.45. The summed E-state index contributed by atoms with van der Waals surface area (Å²) in [4.78, 5) is 14.8. The number of hydrogen-bond acceptors (Lipinski definition) is 3. The van der Waals surface area contributed by atoms with E-state index < -0.39 is 0 Å². The van der Waals surface area contributed by atoms with E-state index in [0.717, 1.165) is 23.9 Å². The molecule has 1 heterocycles. The lowest BCUT2D eigenvalue weighted by atomic mass is 9.99. The highest BCUT2D eigenvalue weighted by Gasteiger charge is 2.23. The van der Waals surface area contributed by atoms with E-state index in [9.17, 15) is 4.79 Å². The van der Waals surface area contributed by atoms with Crippen LogP contribution in [0.25, 0.3) is 0 Å². The second kappa shape index (κ2) is 7.91. The fraction of sp³-hybridized carbons (Fsp3) is 0.350. The molecule has 25 heavy (non-hydrogen) atoms. The van der Waals surface area contributed by atoms with E-state index >= 15 is 0 Å². The van der Waals surface area contributed by atoms with E-state index in [1.807, 2.05) is 30.0 Å². The zero-order chi connectivity index (χ0) is 17.8. The fourth-order valence-electron chi connectivity index (χ4n) is 3.04. The first-order valence-electron chi connectivity index (χ1n) is 8.50. The number of ether oxygens (including phenoxy) is 2. The number of amides is 1. The molecule has 2 aromatic rings. The Kier molecular flexibility index (Phi) is 5.63. The van der Waals surface area contributed by atoms with E-state index in [2.05, 4.69) is 28.1 Å². The van der Waals surface area contributed by atoms with Gasteiger partial charge in [0.1, 0.15) is 0 Å². The van der Waals surface area contributed by atoms with Crippen molar-refractivity contribution in [3.63, 3.8) is 0 Å². The molecule has 5 heteroatoms. The molecule has 0 N–H and O–H groups in total. The number of methoxy groups -OCH3 is 1. The molecule has 0 bridgehead atoms. The third-order valence-electron chi connectivity index (χ3n) is 4.34. The third-order valence-corrected chi connectivity index (χ3v) is 4.93. The number of carbonyl (C=O) groups excluding carboxylic acids is 1. The first-order chi connectivity index (χ1) is 12.1. The van der Waals surface area contributed by atoms with Gasteiger partial charge in [-0.05, 0) is 52.0 Å². The number of fused-ring (bicyclic) bond motifs is 1. The summed E-state index contributed by atoms with van der Waals surface area (Å²) in [5, 5.41) is 0. The van der Waals surface area contributed by atoms with Crippen molar-refractivity contribution in [3.8, 4) is 11.5 Å². The standard InChI is InChI=1S/C20H22BrNO3/c1-3-10-25-19-17(21)11-16(12-18(19)24-2)20(23)22-9-8-14-6-4-5-7-15(14)13-22/h4-7,11-12H,3,8-10,13H2,1-2H3. The molecule has 0 aliphatic carbocycles. The fourth-order valence-corrected chi connectivity index (χ4v) is 3.60. The molecule has 1 aliphatic rings. The number of benzene rings is 2. The molecule has 1 amide bonds. The van der Waals surface area contributed by atoms with Gasteiger partial charge >= 0.3 is 0 Å². The molecule has 0 saturated carbocycles. The van der Waals surface area contributed by atoms with Crippen LogP contribution in [-0.2, 0) is 13.0 Å². The molecule has 0 atom stereocenters. The summed E-state index contributed by atoms with van der Waals surface area (Å²) in [5.41, 5.74) is 3.15. The molecule has 3 rings (SSSR count). The summed E-state index contributed by atoms with van der Waals surface area (Å²) < 4.78 is 11.9. The first kappa shape index (κ1) is 17.8. The Hall–Kier alpha value is -2.01. The number of nitrogens with zero attached hydrogens (tertiary/aromatic N) is 1. The van der Waals surface area contributed by atoms with Crippen molar-refractivity contribution < 1.29 is 14.3 Å². The second-order valence-electron chi connectivity index (χ2n) is 6.08. The van der Waals surface area contributed by atoms with Crippen LogP contribution in [0.1, 0.15) is 34.8 Å². The van der Waals surface area contributed by atoms with Crippen LogP contribution in [0.2, 0.25) is 0 Å². The van der Waals surface area contributed by atoms with Gasteiger partial charge in [-0.1, -0.05) is 31.2 Å². The van der Waals surface area contributed by atoms with Gasteiger partial charge in [0.05, 0.1) is 18.2 Å². The Labute approximate surface area is 156 Å². The summed E-state index contributed by atoms with van der Waals surface area (Å²) >= 11 is 3.51. The third kappa shape index (κ3) is 3.82. The molecule has 0 fully saturated rings. The Balaban J connectivity index is 1.84. The molecule has 0 spiro atoms. The summed E-state index contributed by atoms with van der Waals surface area (Å²) in [5.74, 6) is 1.23. The number of halogens is 1. The monoisotopic (exact) mass is 403 g/mol. The molecule has 132 valence electrons. The minimum atomic E-state index is 0.00976. The summed E-state index contributed by atoms with van der Waals surface area (Å²) in [6, 6.07) is 11.9. The number of hydrogen-bond donors (Lipinski definition) is 0. The smallest absolute Gasteiger partial charge is 0.254 e. The average molecular weight is 404 g/mol. The van der Waals surface area contributed by atoms with Crippen LogP contribution in [0.5, 0.6) is 11.5 Å². The predicted molar refractivity (Wildman–Crippen MR) is 101 cm³/mol. The maximum atomic E-state index is 13.0. The maximum Gasteiger partial charge on any atom is 0.254 e. The van der Waals surface area contributed by atoms with Crippen molar-refractivity contribution in [1.82, 2.24) is 4.90 Å². The lowest BCUT2D eigenvalue weighted by Gasteiger charge is -2.29. The maximum absolute atomic E-state index is 13.0. The van der Waals surface area contributed by atoms with Crippen molar-refractivity contribution in [1.29, 1.82) is 0 Å². The second-order valence-corrected chi connectivity index (χ2v) is 6.94. The SMILES string of the molecule is CCCOc1c(Br)cc(C(=O)N2CCc3ccccc3C2)cc1OC. The Morgan fingerprint density at radius 3 is 2.72 bits per heavy atom. The van der Waals surface area contributed by atoms with Crippen molar-refractivity contribution in [2.24, 2.45) is 0 Å². The highest BCUT2D eigenvalue weighted by atomic mass is 79.9. The van der Waals surface area contributed by atoms with Crippen LogP contribution < -0.4 is 9.47 Å². The zero-order valence-corrected chi connectivity index (χ0v) is 16.1. The molecule has 0 aromatic heterocycles. The molecular weight excluding hydrogens is 382 g/mol. The van der Waals surface area contributed by atoms with Crippen LogP contribution in [0, 0.1) is 0 Å². The summed E-state index contributed by atoms with van der Waals surface area (Å²) in [6.45, 7) is 4.02. The van der Waals surface area contributed by atoms with Crippen molar-refractivity contribution in [2.45, 2.75) is 26.3 Å². The lowest BCUT2D eigenvalue weighted by molar-refractivity contribution is 0.0734. The largest absolute Gasteiger partial charge is 0.493 e. The van der Waals surface area contributed by atoms with E-state index in [4.69, 9.17) is 9.47 Å². The zero-order valence-electron chi connectivity index (χ0n) is 14.5. The molecule has 0 unspecified atom stereocenters. The normalized spacial score (nSPS) is 13.3. The highest BCUT2D eigenvalue weighted by molar-refractivity contribution is 9.10. The molecule has 1 aliphatic heterocycles. The van der Waals surface area contributed by atoms with Crippen molar-refractivity contribution in [2.75, 3.05) is 20.3 Å². The van der Waals surface area contributed by atoms with Crippen molar-refractivity contribution in [3.05, 3.63) is 57.6 Å². The van der Waals surface area contributed by atoms with Gasteiger partial charge < -0.3 is 14.4 Å². The number of rotatable bonds is 5. The Morgan fingerprint density at radius 2 is 2.00 bits per heavy atom. The van der Waals surface area contributed by atoms with Gasteiger partial charge in [-0.3, -0.25) is 4.79 Å². The van der Waals surface area contributed by atoms with Crippen LogP contribution in [0.3, 0.4) is 0 Å². The van der Waals surface area contributed by atoms with Gasteiger partial charge in [-0.15, -0.1) is 0 Å². The summed E-state index contributed by atoms with van der Waals surface area (Å²) in [6.07, 6.45) is 1.79. The molecular formula is C20H22BrNO3. The van der Waals surface area contributed by atoms with Crippen LogP contribution in [0.4, 0.5) is 0 Å². The van der Waals surface area contributed by atoms with E-state index in [-0.39, 0.29) is 5.91 Å². The number of carbonyl (C=O) groups is 1. The lowest BCUT2D eigenvalue weighted by Crippen LogP contribution is -2.35. The van der Waals surface area contributed by atoms with Gasteiger partial charge in [-0.2, -0.15) is 0 Å². The van der Waals surface area contributed by atoms with Gasteiger partial charge in [0, 0.05) is 18.7 Å². The van der Waals surface area contributed by atoms with Crippen molar-refractivity contribution >= 4 is 21.8 Å². The van der Waals surface area contributed by atoms with Gasteiger partial charge in [0.2, 0.25) is 0 Å². The highest BCUT2D eigenvalue weighted by Crippen LogP contribution is 2.37. The quantitative estimate of drug-likeness (QED) is 0.740. The topological polar surface area (TPSA) is 38.8 Å². The van der Waals surface area contributed by atoms with Crippen LogP contribution in [0.15, 0.2) is 40.9 Å². The van der Waals surface area contributed by atoms with E-state index in [1.165, 1.54) is 11.1 Å². The first-order valence-corrected chi connectivity index (χ1v) is 9.29.